The lowest BCUT2D eigenvalue weighted by atomic mass is 10.1. The molecule has 0 saturated carbocycles. The molecule has 10 N–H and O–H groups in total. The second-order valence-corrected chi connectivity index (χ2v) is 30.2. The van der Waals surface area contributed by atoms with E-state index in [1.54, 1.807) is 104 Å². The van der Waals surface area contributed by atoms with E-state index < -0.39 is 17.9 Å². The quantitative estimate of drug-likeness (QED) is 0.00897. The molecule has 0 aliphatic carbocycles. The van der Waals surface area contributed by atoms with Gasteiger partial charge in [-0.2, -0.15) is 19.9 Å². The number of nitrogens with zero attached hydrogens (tertiary/aromatic N) is 14. The minimum absolute atomic E-state index is 0.143. The van der Waals surface area contributed by atoms with Crippen LogP contribution in [0, 0.1) is 0 Å². The lowest BCUT2D eigenvalue weighted by molar-refractivity contribution is -0.138. The zero-order valence-electron chi connectivity index (χ0n) is 60.6. The average Bonchev–Trinajstić information content (AvgIpc) is 1.61. The Balaban J connectivity index is 0.000000163. The summed E-state index contributed by atoms with van der Waals surface area (Å²) in [4.78, 5) is 145. The number of carboxylic acids is 3. The predicted octanol–water partition coefficient (Wildman–Crippen LogP) is 13.9. The molecule has 8 aromatic heterocycles. The smallest absolute Gasteiger partial charge is 0.303 e. The van der Waals surface area contributed by atoms with Gasteiger partial charge in [0.1, 0.15) is 22.6 Å². The lowest BCUT2D eigenvalue weighted by Crippen LogP contribution is -2.31. The summed E-state index contributed by atoms with van der Waals surface area (Å²) in [7, 11) is 0. The van der Waals surface area contributed by atoms with E-state index in [9.17, 15) is 43.2 Å². The van der Waals surface area contributed by atoms with Crippen molar-refractivity contribution in [2.24, 2.45) is 11.5 Å². The number of hydrogen-bond acceptors (Lipinski definition) is 21. The average molecular weight is 1910 g/mol. The summed E-state index contributed by atoms with van der Waals surface area (Å²) in [5.74, 6) is -2.57. The number of fused-ring (bicyclic) bond motifs is 7. The van der Waals surface area contributed by atoms with Gasteiger partial charge in [-0.15, -0.1) is 0 Å². The largest absolute Gasteiger partial charge is 0.481 e. The molecule has 113 heavy (non-hydrogen) atoms. The number of carbonyl (C=O) groups excluding carboxylic acids is 6. The second kappa shape index (κ2) is 43.1. The van der Waals surface area contributed by atoms with Gasteiger partial charge >= 0.3 is 17.9 Å². The first-order valence-corrected chi connectivity index (χ1v) is 40.8. The van der Waals surface area contributed by atoms with Crippen LogP contribution in [0.3, 0.4) is 0 Å². The van der Waals surface area contributed by atoms with Gasteiger partial charge in [-0.05, 0) is 201 Å². The molecule has 3 aliphatic heterocycles. The standard InChI is InChI=1S/C22H22BrN5O4.C17H12BrClN4O2.C14H20BrN5O2.C11H10BrNO2.C6H3BrClN3.C5H11NO2/c23-17-13-27(10-5-11-28-20(31)14-6-1-2-7-15(14)21(28)32)19-16(17)12-25-22(26-19)24-9-4-3-8-18(29)30;18-13-9-22(14-12(13)8-20-17(19)21-14)6-3-7-23-15(24)10-4-1-2-5-11(10)16(23)25;15-11-9-20(7-3-5-16)13-10(11)8-18-14(19-13)17-6-2-1-4-12(21)22;12-6-3-7-13-10(14)8-4-1-2-5-9(8)11(13)15;7-4-2-9-5-3(4)1-10-6(8)11-5;6-4-2-1-3-5(7)8/h1-2,6-7,12-13H,3-5,8-11H2,(H,29,30)(H,24,25,26);1-2,4-5,8-9H,3,6-7H2;8-9H,1-7,16H2,(H,21,22)(H,17,18,19);1-2,4-5H,3,6-7H2;1-2H,(H,9,10,11);1-4,6H2,(H,7,8). The van der Waals surface area contributed by atoms with Gasteiger partial charge in [-0.1, -0.05) is 52.3 Å². The molecule has 3 aromatic carbocycles. The molecule has 31 nitrogen and oxygen atoms in total. The number of carboxylic acid groups (broad SMARTS) is 3. The number of aromatic amines is 1. The molecule has 0 bridgehead atoms. The number of H-pyrrole nitrogens is 1. The SMILES string of the molecule is Clc1ncc2c(Br)c[nH]c2n1.NCCCCC(=O)O.NCCCn1cc(Br)c2cnc(NCCCCC(=O)O)nc21.O=C(O)CCCCNc1ncc2c(Br)cn(CCCN3C(=O)c4ccccc4C3=O)c2n1.O=C1c2ccccc2C(=O)N1CCCBr.O=C1c2ccccc2C(=O)N1CCCn1cc(Br)c2cnc(Cl)nc21. The van der Waals surface area contributed by atoms with Crippen LogP contribution in [-0.2, 0) is 34.0 Å². The third-order valence-corrected chi connectivity index (χ3v) is 20.9. The Morgan fingerprint density at radius 2 is 0.735 bits per heavy atom. The number of unbranched alkanes of at least 4 members (excludes halogenated alkanes) is 3. The van der Waals surface area contributed by atoms with Crippen molar-refractivity contribution in [3.63, 3.8) is 0 Å². The molecule has 0 spiro atoms. The molecule has 38 heteroatoms. The Labute approximate surface area is 699 Å². The van der Waals surface area contributed by atoms with E-state index in [0.717, 1.165) is 93.9 Å². The summed E-state index contributed by atoms with van der Waals surface area (Å²) in [5, 5.41) is 36.5. The first-order valence-electron chi connectivity index (χ1n) is 35.7. The normalized spacial score (nSPS) is 12.5. The van der Waals surface area contributed by atoms with Crippen LogP contribution in [0.15, 0.2) is 140 Å². The van der Waals surface area contributed by atoms with Crippen molar-refractivity contribution >= 4 is 212 Å². The van der Waals surface area contributed by atoms with Gasteiger partial charge in [-0.25, -0.2) is 19.9 Å². The Morgan fingerprint density at radius 3 is 1.10 bits per heavy atom. The maximum Gasteiger partial charge on any atom is 0.303 e. The van der Waals surface area contributed by atoms with Crippen molar-refractivity contribution < 1.29 is 58.5 Å². The van der Waals surface area contributed by atoms with Gasteiger partial charge in [0, 0.05) is 144 Å². The van der Waals surface area contributed by atoms with Gasteiger partial charge in [-0.3, -0.25) is 57.9 Å². The van der Waals surface area contributed by atoms with Crippen molar-refractivity contribution in [3.8, 4) is 0 Å². The number of hydrogen-bond donors (Lipinski definition) is 8. The van der Waals surface area contributed by atoms with E-state index in [1.807, 2.05) is 27.7 Å². The van der Waals surface area contributed by atoms with E-state index >= 15 is 0 Å². The van der Waals surface area contributed by atoms with Crippen LogP contribution in [0.5, 0.6) is 0 Å². The summed E-state index contributed by atoms with van der Waals surface area (Å²) in [5.41, 5.74) is 16.7. The van der Waals surface area contributed by atoms with E-state index in [-0.39, 0.29) is 65.3 Å². The number of nitrogens with two attached hydrogens (primary N) is 2. The third kappa shape index (κ3) is 23.6. The highest BCUT2D eigenvalue weighted by atomic mass is 79.9. The fourth-order valence-corrected chi connectivity index (χ4v) is 14.3. The van der Waals surface area contributed by atoms with Gasteiger partial charge in [0.15, 0.2) is 0 Å². The molecule has 11 heterocycles. The molecule has 6 amide bonds. The number of imide groups is 3. The molecule has 0 radical (unpaired) electrons. The molecule has 0 atom stereocenters. The van der Waals surface area contributed by atoms with Gasteiger partial charge in [0.2, 0.25) is 22.5 Å². The Hall–Kier alpha value is -9.53. The van der Waals surface area contributed by atoms with Crippen LogP contribution >= 0.6 is 103 Å². The molecule has 11 aromatic rings. The number of amides is 6. The summed E-state index contributed by atoms with van der Waals surface area (Å²) in [6.45, 7) is 5.61. The van der Waals surface area contributed by atoms with E-state index in [1.165, 1.54) is 14.7 Å². The van der Waals surface area contributed by atoms with Gasteiger partial charge in [0.05, 0.1) is 54.9 Å². The molecule has 0 saturated heterocycles. The summed E-state index contributed by atoms with van der Waals surface area (Å²) in [6, 6.07) is 20.7. The zero-order valence-corrected chi connectivity index (χ0v) is 70.0. The predicted molar refractivity (Wildman–Crippen MR) is 445 cm³/mol. The number of benzene rings is 3. The number of carbonyl (C=O) groups is 9. The maximum atomic E-state index is 12.5. The first-order chi connectivity index (χ1) is 54.4. The van der Waals surface area contributed by atoms with Gasteiger partial charge in [0.25, 0.3) is 35.4 Å². The molecular weight excluding hydrogens is 1830 g/mol. The van der Waals surface area contributed by atoms with Crippen molar-refractivity contribution in [2.45, 2.75) is 103 Å². The van der Waals surface area contributed by atoms with Crippen molar-refractivity contribution in [1.82, 2.24) is 73.3 Å². The molecule has 0 fully saturated rings. The fourth-order valence-electron chi connectivity index (χ4n) is 11.8. The Bertz CT molecular complexity index is 5150. The van der Waals surface area contributed by atoms with Crippen LogP contribution < -0.4 is 22.1 Å². The van der Waals surface area contributed by atoms with Crippen LogP contribution in [0.2, 0.25) is 10.6 Å². The highest BCUT2D eigenvalue weighted by Crippen LogP contribution is 2.31. The van der Waals surface area contributed by atoms with Crippen molar-refractivity contribution in [2.75, 3.05) is 61.8 Å². The Morgan fingerprint density at radius 1 is 0.407 bits per heavy atom. The third-order valence-electron chi connectivity index (χ3n) is 17.4. The highest BCUT2D eigenvalue weighted by molar-refractivity contribution is 9.11. The highest BCUT2D eigenvalue weighted by Gasteiger charge is 2.37. The van der Waals surface area contributed by atoms with E-state index in [0.29, 0.717) is 148 Å². The molecule has 14 rings (SSSR count). The minimum atomic E-state index is -0.799. The number of aromatic nitrogens is 12. The van der Waals surface area contributed by atoms with Crippen LogP contribution in [0.25, 0.3) is 44.1 Å². The van der Waals surface area contributed by atoms with Gasteiger partial charge < -0.3 is 56.1 Å². The van der Waals surface area contributed by atoms with Crippen LogP contribution in [0.1, 0.15) is 146 Å². The number of rotatable bonds is 30. The number of alkyl halides is 1. The molecule has 594 valence electrons. The topological polar surface area (TPSA) is 434 Å². The second-order valence-electron chi connectivity index (χ2n) is 25.3. The number of halogens is 7. The maximum absolute atomic E-state index is 12.5. The van der Waals surface area contributed by atoms with Crippen LogP contribution in [0.4, 0.5) is 11.9 Å². The number of anilines is 2. The fraction of sp³-hybridized carbons (Fsp3) is 0.320. The summed E-state index contributed by atoms with van der Waals surface area (Å²) >= 11 is 28.6. The van der Waals surface area contributed by atoms with Crippen molar-refractivity contribution in [1.29, 1.82) is 0 Å². The number of aliphatic carboxylic acids is 3. The monoisotopic (exact) mass is 1900 g/mol. The van der Waals surface area contributed by atoms with E-state index in [4.69, 9.17) is 50.0 Å². The number of aryl methyl sites for hydroxylation is 3. The molecule has 0 unspecified atom stereocenters. The summed E-state index contributed by atoms with van der Waals surface area (Å²) < 4.78 is 9.61. The van der Waals surface area contributed by atoms with Crippen molar-refractivity contribution in [3.05, 3.63) is 184 Å². The van der Waals surface area contributed by atoms with E-state index in [2.05, 4.69) is 140 Å². The number of nitrogens with one attached hydrogen (secondary N) is 3. The Kier molecular flexibility index (Phi) is 33.3. The molecular formula is C75H78Br5Cl2N19O12. The lowest BCUT2D eigenvalue weighted by Gasteiger charge is -2.14. The first kappa shape index (κ1) is 87.4. The molecule has 3 aliphatic rings. The van der Waals surface area contributed by atoms with Crippen LogP contribution in [-0.4, -0.2) is 193 Å². The zero-order chi connectivity index (χ0) is 81.3. The minimum Gasteiger partial charge on any atom is -0.481 e. The summed E-state index contributed by atoms with van der Waals surface area (Å²) in [6.07, 6.45) is 22.1.